The van der Waals surface area contributed by atoms with Gasteiger partial charge >= 0.3 is 0 Å². The number of likely N-dealkylation sites (N-methyl/N-ethyl adjacent to an activating group) is 1. The summed E-state index contributed by atoms with van der Waals surface area (Å²) >= 11 is 3.83. The lowest BCUT2D eigenvalue weighted by Crippen LogP contribution is -2.20. The predicted molar refractivity (Wildman–Crippen MR) is 86.4 cm³/mol. The summed E-state index contributed by atoms with van der Waals surface area (Å²) in [7, 11) is 1.86. The topological polar surface area (TPSA) is 20.3 Å². The zero-order valence-electron chi connectivity index (χ0n) is 12.1. The van der Waals surface area contributed by atoms with Crippen LogP contribution in [0.25, 0.3) is 0 Å². The maximum absolute atomic E-state index is 11.7. The van der Waals surface area contributed by atoms with Gasteiger partial charge in [0, 0.05) is 17.6 Å². The van der Waals surface area contributed by atoms with Crippen molar-refractivity contribution in [2.24, 2.45) is 5.92 Å². The van der Waals surface area contributed by atoms with Crippen LogP contribution in [0.1, 0.15) is 54.5 Å². The molecule has 2 nitrogen and oxygen atoms in total. The van der Waals surface area contributed by atoms with Crippen LogP contribution in [0.2, 0.25) is 0 Å². The normalized spacial score (nSPS) is 20.5. The zero-order valence-corrected chi connectivity index (χ0v) is 13.7. The fourth-order valence-electron chi connectivity index (χ4n) is 3.53. The van der Waals surface area contributed by atoms with E-state index in [1.807, 2.05) is 7.05 Å². The number of rotatable bonds is 4. The van der Waals surface area contributed by atoms with Crippen molar-refractivity contribution in [1.29, 1.82) is 0 Å². The summed E-state index contributed by atoms with van der Waals surface area (Å²) in [5, 5.41) is 0. The van der Waals surface area contributed by atoms with Crippen LogP contribution >= 0.6 is 15.9 Å². The van der Waals surface area contributed by atoms with Crippen molar-refractivity contribution in [1.82, 2.24) is 0 Å². The van der Waals surface area contributed by atoms with Gasteiger partial charge in [-0.3, -0.25) is 4.79 Å². The number of amides is 1. The molecule has 1 amide bonds. The summed E-state index contributed by atoms with van der Waals surface area (Å²) in [6.07, 6.45) is 8.77. The van der Waals surface area contributed by atoms with Crippen LogP contribution in [0.5, 0.6) is 0 Å². The third-order valence-electron chi connectivity index (χ3n) is 4.85. The van der Waals surface area contributed by atoms with E-state index in [4.69, 9.17) is 0 Å². The minimum Gasteiger partial charge on any atom is -0.315 e. The van der Waals surface area contributed by atoms with Crippen molar-refractivity contribution < 1.29 is 4.79 Å². The first-order valence-corrected chi connectivity index (χ1v) is 8.60. The molecule has 3 heteroatoms. The summed E-state index contributed by atoms with van der Waals surface area (Å²) in [6, 6.07) is 6.48. The lowest BCUT2D eigenvalue weighted by atomic mass is 9.97. The summed E-state index contributed by atoms with van der Waals surface area (Å²) < 4.78 is 0. The van der Waals surface area contributed by atoms with Crippen molar-refractivity contribution >= 4 is 27.5 Å². The van der Waals surface area contributed by atoms with Crippen LogP contribution in [-0.4, -0.2) is 13.0 Å². The largest absolute Gasteiger partial charge is 0.315 e. The Morgan fingerprint density at radius 2 is 2.10 bits per heavy atom. The molecule has 108 valence electrons. The smallest absolute Gasteiger partial charge is 0.231 e. The van der Waals surface area contributed by atoms with Crippen molar-refractivity contribution in [2.75, 3.05) is 11.9 Å². The fourth-order valence-corrected chi connectivity index (χ4v) is 4.08. The maximum atomic E-state index is 11.7. The second-order valence-corrected chi connectivity index (χ2v) is 7.32. The highest BCUT2D eigenvalue weighted by Crippen LogP contribution is 2.37. The first kappa shape index (κ1) is 14.1. The highest BCUT2D eigenvalue weighted by Gasteiger charge is 2.25. The van der Waals surface area contributed by atoms with Gasteiger partial charge in [-0.1, -0.05) is 53.7 Å². The summed E-state index contributed by atoms with van der Waals surface area (Å²) in [6.45, 7) is 0. The molecule has 0 spiro atoms. The molecule has 0 radical (unpaired) electrons. The van der Waals surface area contributed by atoms with Gasteiger partial charge in [-0.05, 0) is 36.0 Å². The zero-order chi connectivity index (χ0) is 14.1. The molecule has 1 saturated carbocycles. The average molecular weight is 336 g/mol. The summed E-state index contributed by atoms with van der Waals surface area (Å²) in [5.74, 6) is 1.14. The highest BCUT2D eigenvalue weighted by molar-refractivity contribution is 9.09. The molecule has 1 aliphatic carbocycles. The number of carbonyl (C=O) groups excluding carboxylic acids is 1. The number of halogens is 1. The van der Waals surface area contributed by atoms with Gasteiger partial charge in [0.2, 0.25) is 5.91 Å². The quantitative estimate of drug-likeness (QED) is 0.735. The van der Waals surface area contributed by atoms with Crippen molar-refractivity contribution in [3.8, 4) is 0 Å². The minimum atomic E-state index is 0.203. The lowest BCUT2D eigenvalue weighted by Gasteiger charge is -2.15. The molecule has 1 fully saturated rings. The molecule has 1 heterocycles. The monoisotopic (exact) mass is 335 g/mol. The van der Waals surface area contributed by atoms with Crippen LogP contribution in [0.4, 0.5) is 5.69 Å². The SMILES string of the molecule is CN1C(=O)Cc2cc(C(Br)CCC3CCCC3)ccc21. The molecule has 20 heavy (non-hydrogen) atoms. The molecular weight excluding hydrogens is 314 g/mol. The Hall–Kier alpha value is -0.830. The van der Waals surface area contributed by atoms with Gasteiger partial charge < -0.3 is 4.90 Å². The lowest BCUT2D eigenvalue weighted by molar-refractivity contribution is -0.117. The van der Waals surface area contributed by atoms with Crippen LogP contribution in [-0.2, 0) is 11.2 Å². The van der Waals surface area contributed by atoms with E-state index >= 15 is 0 Å². The minimum absolute atomic E-state index is 0.203. The van der Waals surface area contributed by atoms with E-state index in [-0.39, 0.29) is 5.91 Å². The number of nitrogens with zero attached hydrogens (tertiary/aromatic N) is 1. The molecular formula is C17H22BrNO. The molecule has 1 aromatic carbocycles. The Labute approximate surface area is 129 Å². The van der Waals surface area contributed by atoms with Crippen LogP contribution in [0, 0.1) is 5.92 Å². The van der Waals surface area contributed by atoms with E-state index in [0.29, 0.717) is 11.2 Å². The van der Waals surface area contributed by atoms with E-state index in [2.05, 4.69) is 34.1 Å². The Morgan fingerprint density at radius 3 is 2.85 bits per heavy atom. The Kier molecular flexibility index (Phi) is 4.16. The number of fused-ring (bicyclic) bond motifs is 1. The average Bonchev–Trinajstić information content (AvgIpc) is 3.05. The number of alkyl halides is 1. The molecule has 0 aromatic heterocycles. The molecule has 2 aliphatic rings. The van der Waals surface area contributed by atoms with Crippen LogP contribution in [0.15, 0.2) is 18.2 Å². The first-order valence-electron chi connectivity index (χ1n) is 7.68. The van der Waals surface area contributed by atoms with E-state index in [9.17, 15) is 4.79 Å². The number of anilines is 1. The highest BCUT2D eigenvalue weighted by atomic mass is 79.9. The second-order valence-electron chi connectivity index (χ2n) is 6.21. The van der Waals surface area contributed by atoms with Gasteiger partial charge in [0.05, 0.1) is 6.42 Å². The van der Waals surface area contributed by atoms with Crippen molar-refractivity contribution in [2.45, 2.75) is 49.8 Å². The molecule has 1 aliphatic heterocycles. The van der Waals surface area contributed by atoms with Gasteiger partial charge in [-0.2, -0.15) is 0 Å². The molecule has 0 N–H and O–H groups in total. The molecule has 0 bridgehead atoms. The Bertz CT molecular complexity index is 508. The van der Waals surface area contributed by atoms with E-state index in [0.717, 1.165) is 11.6 Å². The van der Waals surface area contributed by atoms with E-state index in [1.54, 1.807) is 4.90 Å². The number of hydrogen-bond acceptors (Lipinski definition) is 1. The molecule has 1 aromatic rings. The van der Waals surface area contributed by atoms with Crippen LogP contribution in [0.3, 0.4) is 0 Å². The van der Waals surface area contributed by atoms with Gasteiger partial charge in [0.25, 0.3) is 0 Å². The standard InChI is InChI=1S/C17H22BrNO/c1-19-16-9-7-13(10-14(16)11-17(19)20)15(18)8-6-12-4-2-3-5-12/h7,9-10,12,15H,2-6,8,11H2,1H3. The number of benzene rings is 1. The van der Waals surface area contributed by atoms with Gasteiger partial charge in [0.15, 0.2) is 0 Å². The van der Waals surface area contributed by atoms with E-state index < -0.39 is 0 Å². The van der Waals surface area contributed by atoms with Gasteiger partial charge in [0.1, 0.15) is 0 Å². The molecule has 1 atom stereocenters. The molecule has 1 unspecified atom stereocenters. The van der Waals surface area contributed by atoms with Crippen molar-refractivity contribution in [3.05, 3.63) is 29.3 Å². The third-order valence-corrected chi connectivity index (χ3v) is 5.83. The Morgan fingerprint density at radius 1 is 1.35 bits per heavy atom. The second kappa shape index (κ2) is 5.88. The number of carbonyl (C=O) groups is 1. The third kappa shape index (κ3) is 2.78. The van der Waals surface area contributed by atoms with Crippen molar-refractivity contribution in [3.63, 3.8) is 0 Å². The summed E-state index contributed by atoms with van der Waals surface area (Å²) in [5.41, 5.74) is 3.58. The van der Waals surface area contributed by atoms with Gasteiger partial charge in [-0.25, -0.2) is 0 Å². The fraction of sp³-hybridized carbons (Fsp3) is 0.588. The van der Waals surface area contributed by atoms with Crippen LogP contribution < -0.4 is 4.90 Å². The predicted octanol–water partition coefficient (Wildman–Crippen LogP) is 4.61. The van der Waals surface area contributed by atoms with E-state index in [1.165, 1.54) is 49.7 Å². The molecule has 0 saturated heterocycles. The summed E-state index contributed by atoms with van der Waals surface area (Å²) in [4.78, 5) is 13.9. The van der Waals surface area contributed by atoms with Gasteiger partial charge in [-0.15, -0.1) is 0 Å². The first-order chi connectivity index (χ1) is 9.65. The number of hydrogen-bond donors (Lipinski definition) is 0. The Balaban J connectivity index is 1.65. The maximum Gasteiger partial charge on any atom is 0.231 e. The molecule has 3 rings (SSSR count).